The van der Waals surface area contributed by atoms with Crippen molar-refractivity contribution in [2.45, 2.75) is 57.9 Å². The van der Waals surface area contributed by atoms with Gasteiger partial charge in [0.15, 0.2) is 0 Å². The van der Waals surface area contributed by atoms with E-state index >= 15 is 0 Å². The first-order chi connectivity index (χ1) is 6.84. The number of hydrogen-bond acceptors (Lipinski definition) is 0. The Labute approximate surface area is 88.8 Å². The standard InChI is InChI=1S/C12H26N2/c1-12-8-4-7-11-14(12)10-6-3-2-5-9-13/h12H,2-11,13H2,1H3/p+2/t12-/m0/s1. The highest BCUT2D eigenvalue weighted by atomic mass is 15.1. The maximum Gasteiger partial charge on any atom is 0.0846 e. The minimum absolute atomic E-state index is 0.927. The van der Waals surface area contributed by atoms with Gasteiger partial charge in [-0.05, 0) is 51.9 Å². The quantitative estimate of drug-likeness (QED) is 0.576. The number of rotatable bonds is 6. The summed E-state index contributed by atoms with van der Waals surface area (Å²) in [4.78, 5) is 1.87. The van der Waals surface area contributed by atoms with Crippen LogP contribution in [0.15, 0.2) is 0 Å². The molecular formula is C12H28N2+2. The molecule has 0 spiro atoms. The summed E-state index contributed by atoms with van der Waals surface area (Å²) in [5.74, 6) is 0. The highest BCUT2D eigenvalue weighted by Gasteiger charge is 2.20. The van der Waals surface area contributed by atoms with Gasteiger partial charge < -0.3 is 10.6 Å². The van der Waals surface area contributed by atoms with Gasteiger partial charge in [0.05, 0.1) is 25.7 Å². The Morgan fingerprint density at radius 2 is 1.93 bits per heavy atom. The molecule has 84 valence electrons. The molecule has 4 N–H and O–H groups in total. The van der Waals surface area contributed by atoms with E-state index in [1.807, 2.05) is 4.90 Å². The third-order valence-electron chi connectivity index (χ3n) is 3.58. The van der Waals surface area contributed by atoms with Crippen molar-refractivity contribution in [2.24, 2.45) is 0 Å². The molecule has 14 heavy (non-hydrogen) atoms. The van der Waals surface area contributed by atoms with Gasteiger partial charge in [-0.1, -0.05) is 0 Å². The SMILES string of the molecule is C[C@H]1CCCC[NH+]1CCCCCC[NH3+]. The zero-order valence-electron chi connectivity index (χ0n) is 9.86. The van der Waals surface area contributed by atoms with Gasteiger partial charge in [0, 0.05) is 0 Å². The van der Waals surface area contributed by atoms with Gasteiger partial charge in [-0.15, -0.1) is 0 Å². The molecule has 1 aliphatic heterocycles. The molecule has 1 heterocycles. The largest absolute Gasteiger partial charge is 0.358 e. The van der Waals surface area contributed by atoms with Crippen molar-refractivity contribution in [2.75, 3.05) is 19.6 Å². The second-order valence-electron chi connectivity index (χ2n) is 4.82. The molecule has 2 nitrogen and oxygen atoms in total. The van der Waals surface area contributed by atoms with Crippen molar-refractivity contribution in [1.29, 1.82) is 0 Å². The molecule has 1 unspecified atom stereocenters. The van der Waals surface area contributed by atoms with Gasteiger partial charge >= 0.3 is 0 Å². The second kappa shape index (κ2) is 7.24. The predicted molar refractivity (Wildman–Crippen MR) is 60.2 cm³/mol. The average molecular weight is 200 g/mol. The molecule has 0 aromatic rings. The Balaban J connectivity index is 1.99. The first-order valence-electron chi connectivity index (χ1n) is 6.48. The van der Waals surface area contributed by atoms with Gasteiger partial charge in [0.1, 0.15) is 0 Å². The number of quaternary nitrogens is 2. The van der Waals surface area contributed by atoms with E-state index in [2.05, 4.69) is 12.7 Å². The van der Waals surface area contributed by atoms with Crippen LogP contribution in [0, 0.1) is 0 Å². The van der Waals surface area contributed by atoms with Crippen LogP contribution in [0.4, 0.5) is 0 Å². The fourth-order valence-corrected chi connectivity index (χ4v) is 2.51. The van der Waals surface area contributed by atoms with E-state index in [4.69, 9.17) is 0 Å². The zero-order chi connectivity index (χ0) is 10.2. The highest BCUT2D eigenvalue weighted by molar-refractivity contribution is 4.55. The second-order valence-corrected chi connectivity index (χ2v) is 4.82. The van der Waals surface area contributed by atoms with Crippen molar-refractivity contribution >= 4 is 0 Å². The molecule has 1 fully saturated rings. The van der Waals surface area contributed by atoms with Crippen LogP contribution >= 0.6 is 0 Å². The van der Waals surface area contributed by atoms with E-state index in [-0.39, 0.29) is 0 Å². The smallest absolute Gasteiger partial charge is 0.0846 e. The molecule has 0 aliphatic carbocycles. The van der Waals surface area contributed by atoms with E-state index < -0.39 is 0 Å². The van der Waals surface area contributed by atoms with E-state index in [0.717, 1.165) is 12.6 Å². The lowest BCUT2D eigenvalue weighted by molar-refractivity contribution is -0.928. The van der Waals surface area contributed by atoms with Crippen molar-refractivity contribution in [3.63, 3.8) is 0 Å². The number of piperidine rings is 1. The van der Waals surface area contributed by atoms with E-state index in [1.165, 1.54) is 58.0 Å². The Morgan fingerprint density at radius 3 is 2.64 bits per heavy atom. The van der Waals surface area contributed by atoms with Crippen LogP contribution in [-0.2, 0) is 0 Å². The molecule has 0 bridgehead atoms. The lowest BCUT2D eigenvalue weighted by Gasteiger charge is -2.30. The Hall–Kier alpha value is -0.0800. The first-order valence-corrected chi connectivity index (χ1v) is 6.48. The van der Waals surface area contributed by atoms with Gasteiger partial charge in [-0.2, -0.15) is 0 Å². The third-order valence-corrected chi connectivity index (χ3v) is 3.58. The summed E-state index contributed by atoms with van der Waals surface area (Å²) in [7, 11) is 0. The van der Waals surface area contributed by atoms with Gasteiger partial charge in [-0.3, -0.25) is 0 Å². The topological polar surface area (TPSA) is 32.1 Å². The molecule has 0 aromatic carbocycles. The number of unbranched alkanes of at least 4 members (excludes halogenated alkanes) is 3. The summed E-state index contributed by atoms with van der Waals surface area (Å²) < 4.78 is 0. The molecule has 0 saturated carbocycles. The summed E-state index contributed by atoms with van der Waals surface area (Å²) in [6.07, 6.45) is 9.94. The Kier molecular flexibility index (Phi) is 6.20. The van der Waals surface area contributed by atoms with Crippen LogP contribution in [0.25, 0.3) is 0 Å². The summed E-state index contributed by atoms with van der Waals surface area (Å²) >= 11 is 0. The molecule has 0 amide bonds. The van der Waals surface area contributed by atoms with Crippen LogP contribution in [0.3, 0.4) is 0 Å². The van der Waals surface area contributed by atoms with Crippen molar-refractivity contribution in [3.05, 3.63) is 0 Å². The summed E-state index contributed by atoms with van der Waals surface area (Å²) in [6.45, 7) is 6.38. The maximum absolute atomic E-state index is 3.88. The molecule has 1 aliphatic rings. The highest BCUT2D eigenvalue weighted by Crippen LogP contribution is 2.02. The van der Waals surface area contributed by atoms with Crippen LogP contribution in [0.5, 0.6) is 0 Å². The molecule has 1 rings (SSSR count). The lowest BCUT2D eigenvalue weighted by atomic mass is 10.0. The Morgan fingerprint density at radius 1 is 1.14 bits per heavy atom. The van der Waals surface area contributed by atoms with Gasteiger partial charge in [-0.25, -0.2) is 0 Å². The van der Waals surface area contributed by atoms with E-state index in [1.54, 1.807) is 0 Å². The summed E-state index contributed by atoms with van der Waals surface area (Å²) in [5, 5.41) is 0. The average Bonchev–Trinajstić information content (AvgIpc) is 2.20. The van der Waals surface area contributed by atoms with Gasteiger partial charge in [0.2, 0.25) is 0 Å². The predicted octanol–water partition coefficient (Wildman–Crippen LogP) is 0.246. The molecule has 1 saturated heterocycles. The molecule has 0 aromatic heterocycles. The number of nitrogens with one attached hydrogen (secondary N) is 1. The monoisotopic (exact) mass is 200 g/mol. The lowest BCUT2D eigenvalue weighted by Crippen LogP contribution is -3.16. The zero-order valence-corrected chi connectivity index (χ0v) is 9.86. The fraction of sp³-hybridized carbons (Fsp3) is 1.00. The van der Waals surface area contributed by atoms with Crippen LogP contribution < -0.4 is 10.6 Å². The fourth-order valence-electron chi connectivity index (χ4n) is 2.51. The minimum atomic E-state index is 0.927. The maximum atomic E-state index is 3.88. The number of hydrogen-bond donors (Lipinski definition) is 2. The summed E-state index contributed by atoms with van der Waals surface area (Å²) in [6, 6.07) is 0.927. The number of likely N-dealkylation sites (tertiary alicyclic amines) is 1. The molecule has 2 heteroatoms. The van der Waals surface area contributed by atoms with Crippen LogP contribution in [0.1, 0.15) is 51.9 Å². The van der Waals surface area contributed by atoms with Gasteiger partial charge in [0.25, 0.3) is 0 Å². The van der Waals surface area contributed by atoms with Crippen molar-refractivity contribution in [1.82, 2.24) is 0 Å². The Bertz CT molecular complexity index is 136. The summed E-state index contributed by atoms with van der Waals surface area (Å²) in [5.41, 5.74) is 3.88. The van der Waals surface area contributed by atoms with Crippen LogP contribution in [-0.4, -0.2) is 25.7 Å². The van der Waals surface area contributed by atoms with E-state index in [9.17, 15) is 0 Å². The molecule has 2 atom stereocenters. The first kappa shape index (κ1) is 12.0. The van der Waals surface area contributed by atoms with Crippen LogP contribution in [0.2, 0.25) is 0 Å². The third kappa shape index (κ3) is 4.43. The minimum Gasteiger partial charge on any atom is -0.358 e. The normalized spacial score (nSPS) is 27.9. The molecule has 0 radical (unpaired) electrons. The van der Waals surface area contributed by atoms with Crippen molar-refractivity contribution < 1.29 is 10.6 Å². The molecular weight excluding hydrogens is 172 g/mol. The van der Waals surface area contributed by atoms with Crippen molar-refractivity contribution in [3.8, 4) is 0 Å². The van der Waals surface area contributed by atoms with E-state index in [0.29, 0.717) is 0 Å².